The molecule has 0 heterocycles. The average Bonchev–Trinajstić information content (AvgIpc) is 2.39. The number of carbonyl (C=O) groups excluding carboxylic acids is 1. The maximum Gasteiger partial charge on any atom is 0.252 e. The van der Waals surface area contributed by atoms with Gasteiger partial charge in [-0.1, -0.05) is 30.2 Å². The zero-order valence-corrected chi connectivity index (χ0v) is 11.9. The molecule has 1 fully saturated rings. The van der Waals surface area contributed by atoms with Crippen molar-refractivity contribution in [2.24, 2.45) is 5.92 Å². The molecule has 1 amide bonds. The number of amides is 1. The Bertz CT molecular complexity index is 461. The molecular weight excluding hydrogens is 262 g/mol. The van der Waals surface area contributed by atoms with Crippen LogP contribution < -0.4 is 5.32 Å². The summed E-state index contributed by atoms with van der Waals surface area (Å²) in [7, 11) is 0. The first-order valence-electron chi connectivity index (χ1n) is 6.79. The van der Waals surface area contributed by atoms with E-state index >= 15 is 0 Å². The van der Waals surface area contributed by atoms with E-state index in [0.717, 1.165) is 31.2 Å². The van der Waals surface area contributed by atoms with Crippen molar-refractivity contribution >= 4 is 17.5 Å². The second kappa shape index (κ2) is 6.40. The zero-order valence-electron chi connectivity index (χ0n) is 11.2. The molecule has 0 spiro atoms. The van der Waals surface area contributed by atoms with Crippen LogP contribution in [0.5, 0.6) is 0 Å². The van der Waals surface area contributed by atoms with Gasteiger partial charge in [0.1, 0.15) is 0 Å². The van der Waals surface area contributed by atoms with E-state index in [2.05, 4.69) is 5.32 Å². The lowest BCUT2D eigenvalue weighted by Crippen LogP contribution is -2.33. The highest BCUT2D eigenvalue weighted by Crippen LogP contribution is 2.24. The largest absolute Gasteiger partial charge is 0.393 e. The Labute approximate surface area is 119 Å². The Kier molecular flexibility index (Phi) is 4.83. The van der Waals surface area contributed by atoms with Crippen LogP contribution in [0.3, 0.4) is 0 Å². The molecule has 2 atom stereocenters. The number of carbonyl (C=O) groups is 1. The molecule has 1 saturated carbocycles. The number of hydrogen-bond acceptors (Lipinski definition) is 2. The smallest absolute Gasteiger partial charge is 0.252 e. The van der Waals surface area contributed by atoms with E-state index in [4.69, 9.17) is 11.6 Å². The summed E-state index contributed by atoms with van der Waals surface area (Å²) in [5.41, 5.74) is 1.43. The number of nitrogens with one attached hydrogen (secondary N) is 1. The van der Waals surface area contributed by atoms with Gasteiger partial charge in [0, 0.05) is 6.54 Å². The minimum Gasteiger partial charge on any atom is -0.393 e. The second-order valence-corrected chi connectivity index (χ2v) is 5.71. The number of rotatable bonds is 3. The lowest BCUT2D eigenvalue weighted by atomic mass is 9.87. The fourth-order valence-electron chi connectivity index (χ4n) is 2.60. The molecule has 0 radical (unpaired) electrons. The molecule has 4 heteroatoms. The maximum absolute atomic E-state index is 12.1. The maximum atomic E-state index is 12.1. The van der Waals surface area contributed by atoms with Crippen molar-refractivity contribution in [1.29, 1.82) is 0 Å². The Balaban J connectivity index is 1.92. The summed E-state index contributed by atoms with van der Waals surface area (Å²) in [5, 5.41) is 13.0. The van der Waals surface area contributed by atoms with Crippen LogP contribution in [-0.4, -0.2) is 23.7 Å². The molecule has 1 aliphatic carbocycles. The Hall–Kier alpha value is -1.06. The highest BCUT2D eigenvalue weighted by Gasteiger charge is 2.21. The van der Waals surface area contributed by atoms with Crippen LogP contribution in [0.2, 0.25) is 5.02 Å². The van der Waals surface area contributed by atoms with Gasteiger partial charge in [0.25, 0.3) is 5.91 Å². The summed E-state index contributed by atoms with van der Waals surface area (Å²) in [6.07, 6.45) is 3.56. The van der Waals surface area contributed by atoms with Crippen LogP contribution in [-0.2, 0) is 0 Å². The first-order chi connectivity index (χ1) is 9.08. The fraction of sp³-hybridized carbons (Fsp3) is 0.533. The number of aliphatic hydroxyl groups is 1. The zero-order chi connectivity index (χ0) is 13.8. The third-order valence-electron chi connectivity index (χ3n) is 3.74. The predicted octanol–water partition coefficient (Wildman–Crippen LogP) is 2.93. The molecule has 3 nitrogen and oxygen atoms in total. The van der Waals surface area contributed by atoms with Crippen molar-refractivity contribution in [3.8, 4) is 0 Å². The van der Waals surface area contributed by atoms with E-state index < -0.39 is 0 Å². The molecule has 2 N–H and O–H groups in total. The van der Waals surface area contributed by atoms with Crippen LogP contribution in [0, 0.1) is 12.8 Å². The Morgan fingerprint density at radius 2 is 2.26 bits per heavy atom. The standard InChI is InChI=1S/C15H20ClNO2/c1-10-4-2-7-13(14(10)16)15(19)17-9-11-5-3-6-12(18)8-11/h2,4,7,11-12,18H,3,5-6,8-9H2,1H3,(H,17,19). The minimum absolute atomic E-state index is 0.131. The van der Waals surface area contributed by atoms with Crippen LogP contribution in [0.1, 0.15) is 41.6 Å². The van der Waals surface area contributed by atoms with Crippen molar-refractivity contribution < 1.29 is 9.90 Å². The van der Waals surface area contributed by atoms with Gasteiger partial charge in [0.05, 0.1) is 16.7 Å². The van der Waals surface area contributed by atoms with Gasteiger partial charge in [-0.2, -0.15) is 0 Å². The molecule has 0 saturated heterocycles. The van der Waals surface area contributed by atoms with E-state index in [9.17, 15) is 9.90 Å². The lowest BCUT2D eigenvalue weighted by Gasteiger charge is -2.26. The Morgan fingerprint density at radius 3 is 3.00 bits per heavy atom. The van der Waals surface area contributed by atoms with Crippen molar-refractivity contribution in [2.45, 2.75) is 38.7 Å². The molecule has 2 rings (SSSR count). The molecular formula is C15H20ClNO2. The van der Waals surface area contributed by atoms with E-state index in [1.54, 1.807) is 6.07 Å². The molecule has 0 aliphatic heterocycles. The highest BCUT2D eigenvalue weighted by molar-refractivity contribution is 6.34. The SMILES string of the molecule is Cc1cccc(C(=O)NCC2CCCC(O)C2)c1Cl. The van der Waals surface area contributed by atoms with Crippen molar-refractivity contribution in [1.82, 2.24) is 5.32 Å². The van der Waals surface area contributed by atoms with Gasteiger partial charge in [-0.3, -0.25) is 4.79 Å². The monoisotopic (exact) mass is 281 g/mol. The number of benzene rings is 1. The van der Waals surface area contributed by atoms with Gasteiger partial charge < -0.3 is 10.4 Å². The van der Waals surface area contributed by atoms with Crippen LogP contribution >= 0.6 is 11.6 Å². The fourth-order valence-corrected chi connectivity index (χ4v) is 2.81. The summed E-state index contributed by atoms with van der Waals surface area (Å²) >= 11 is 6.13. The second-order valence-electron chi connectivity index (χ2n) is 5.33. The predicted molar refractivity (Wildman–Crippen MR) is 76.5 cm³/mol. The van der Waals surface area contributed by atoms with Gasteiger partial charge >= 0.3 is 0 Å². The van der Waals surface area contributed by atoms with Crippen LogP contribution in [0.15, 0.2) is 18.2 Å². The molecule has 19 heavy (non-hydrogen) atoms. The Morgan fingerprint density at radius 1 is 1.47 bits per heavy atom. The number of aliphatic hydroxyl groups excluding tert-OH is 1. The van der Waals surface area contributed by atoms with Gasteiger partial charge in [-0.25, -0.2) is 0 Å². The average molecular weight is 282 g/mol. The summed E-state index contributed by atoms with van der Waals surface area (Å²) in [6.45, 7) is 2.50. The van der Waals surface area contributed by atoms with E-state index in [1.165, 1.54) is 0 Å². The molecule has 0 bridgehead atoms. The van der Waals surface area contributed by atoms with Gasteiger partial charge in [0.15, 0.2) is 0 Å². The summed E-state index contributed by atoms with van der Waals surface area (Å²) in [6, 6.07) is 5.46. The third-order valence-corrected chi connectivity index (χ3v) is 4.24. The molecule has 104 valence electrons. The number of hydrogen-bond donors (Lipinski definition) is 2. The normalized spacial score (nSPS) is 23.1. The topological polar surface area (TPSA) is 49.3 Å². The van der Waals surface area contributed by atoms with Crippen molar-refractivity contribution in [3.63, 3.8) is 0 Å². The summed E-state index contributed by atoms with van der Waals surface area (Å²) < 4.78 is 0. The molecule has 1 aromatic rings. The van der Waals surface area contributed by atoms with Gasteiger partial charge in [-0.05, 0) is 43.7 Å². The van der Waals surface area contributed by atoms with Crippen molar-refractivity contribution in [2.75, 3.05) is 6.54 Å². The van der Waals surface area contributed by atoms with E-state index in [1.807, 2.05) is 19.1 Å². The third kappa shape index (κ3) is 3.71. The molecule has 1 aliphatic rings. The lowest BCUT2D eigenvalue weighted by molar-refractivity contribution is 0.0874. The molecule has 2 unspecified atom stereocenters. The molecule has 1 aromatic carbocycles. The van der Waals surface area contributed by atoms with E-state index in [0.29, 0.717) is 23.0 Å². The quantitative estimate of drug-likeness (QED) is 0.895. The number of aryl methyl sites for hydroxylation is 1. The van der Waals surface area contributed by atoms with Crippen molar-refractivity contribution in [3.05, 3.63) is 34.3 Å². The first-order valence-corrected chi connectivity index (χ1v) is 7.17. The minimum atomic E-state index is -0.210. The highest BCUT2D eigenvalue weighted by atomic mass is 35.5. The van der Waals surface area contributed by atoms with Gasteiger partial charge in [-0.15, -0.1) is 0 Å². The summed E-state index contributed by atoms with van der Waals surface area (Å²) in [5.74, 6) is 0.241. The number of halogens is 1. The van der Waals surface area contributed by atoms with Gasteiger partial charge in [0.2, 0.25) is 0 Å². The first kappa shape index (κ1) is 14.4. The molecule has 0 aromatic heterocycles. The van der Waals surface area contributed by atoms with Crippen LogP contribution in [0.4, 0.5) is 0 Å². The summed E-state index contributed by atoms with van der Waals surface area (Å²) in [4.78, 5) is 12.1. The van der Waals surface area contributed by atoms with Crippen LogP contribution in [0.25, 0.3) is 0 Å². The van der Waals surface area contributed by atoms with E-state index in [-0.39, 0.29) is 12.0 Å².